The molecule has 0 heteroatoms. The molecule has 138 valence electrons. The lowest BCUT2D eigenvalue weighted by Crippen LogP contribution is -2.63. The molecule has 4 fully saturated rings. The van der Waals surface area contributed by atoms with Crippen molar-refractivity contribution in [2.24, 2.45) is 46.8 Å². The average Bonchev–Trinajstić information content (AvgIpc) is 2.76. The van der Waals surface area contributed by atoms with Crippen molar-refractivity contribution in [1.29, 1.82) is 0 Å². The van der Waals surface area contributed by atoms with Gasteiger partial charge in [0.25, 0.3) is 0 Å². The molecule has 0 saturated heterocycles. The molecule has 8 unspecified atom stereocenters. The van der Waals surface area contributed by atoms with E-state index < -0.39 is 0 Å². The van der Waals surface area contributed by atoms with Gasteiger partial charge in [-0.25, -0.2) is 0 Å². The van der Waals surface area contributed by atoms with Gasteiger partial charge < -0.3 is 0 Å². The maximum absolute atomic E-state index is 2.60. The van der Waals surface area contributed by atoms with Gasteiger partial charge in [0.1, 0.15) is 0 Å². The minimum absolute atomic E-state index is 0.740. The van der Waals surface area contributed by atoms with Crippen molar-refractivity contribution in [2.45, 2.75) is 104 Å². The van der Waals surface area contributed by atoms with E-state index in [1.54, 1.807) is 32.1 Å². The highest BCUT2D eigenvalue weighted by Gasteiger charge is 2.67. The topological polar surface area (TPSA) is 0 Å². The molecule has 24 heavy (non-hydrogen) atoms. The van der Waals surface area contributed by atoms with E-state index in [-0.39, 0.29) is 0 Å². The highest BCUT2D eigenvalue weighted by atomic mass is 14.7. The molecule has 0 heterocycles. The quantitative estimate of drug-likeness (QED) is 0.350. The fourth-order valence-corrected chi connectivity index (χ4v) is 7.91. The van der Waals surface area contributed by atoms with Crippen LogP contribution in [0.3, 0.4) is 0 Å². The summed E-state index contributed by atoms with van der Waals surface area (Å²) in [4.78, 5) is 0. The first-order valence-electron chi connectivity index (χ1n) is 11.6. The molecule has 4 saturated carbocycles. The Kier molecular flexibility index (Phi) is 5.05. The predicted octanol–water partition coefficient (Wildman–Crippen LogP) is 7.47. The van der Waals surface area contributed by atoms with Crippen molar-refractivity contribution in [2.75, 3.05) is 0 Å². The van der Waals surface area contributed by atoms with Gasteiger partial charge in [-0.1, -0.05) is 85.0 Å². The third-order valence-electron chi connectivity index (χ3n) is 9.59. The average molecular weight is 331 g/mol. The Morgan fingerprint density at radius 2 is 1.58 bits per heavy atom. The van der Waals surface area contributed by atoms with E-state index in [1.165, 1.54) is 57.3 Å². The molecule has 0 N–H and O–H groups in total. The van der Waals surface area contributed by atoms with Gasteiger partial charge in [0.2, 0.25) is 0 Å². The van der Waals surface area contributed by atoms with Gasteiger partial charge in [-0.15, -0.1) is 0 Å². The fourth-order valence-electron chi connectivity index (χ4n) is 7.91. The van der Waals surface area contributed by atoms with Crippen LogP contribution in [0.25, 0.3) is 0 Å². The molecule has 0 radical (unpaired) electrons. The molecule has 0 nitrogen and oxygen atoms in total. The van der Waals surface area contributed by atoms with Crippen LogP contribution in [0, 0.1) is 46.8 Å². The number of hydrogen-bond acceptors (Lipinski definition) is 0. The van der Waals surface area contributed by atoms with E-state index >= 15 is 0 Å². The Morgan fingerprint density at radius 1 is 0.833 bits per heavy atom. The monoisotopic (exact) mass is 330 g/mol. The molecule has 0 aromatic carbocycles. The van der Waals surface area contributed by atoms with Gasteiger partial charge in [-0.05, 0) is 66.1 Å². The van der Waals surface area contributed by atoms with E-state index in [9.17, 15) is 0 Å². The van der Waals surface area contributed by atoms with E-state index in [2.05, 4.69) is 20.8 Å². The first-order valence-corrected chi connectivity index (χ1v) is 11.6. The first-order chi connectivity index (χ1) is 11.6. The third-order valence-corrected chi connectivity index (χ3v) is 9.59. The van der Waals surface area contributed by atoms with Gasteiger partial charge in [0, 0.05) is 0 Å². The normalized spacial score (nSPS) is 50.4. The second-order valence-electron chi connectivity index (χ2n) is 10.6. The van der Waals surface area contributed by atoms with Crippen LogP contribution < -0.4 is 0 Å². The maximum atomic E-state index is 2.60. The Labute approximate surface area is 151 Å². The summed E-state index contributed by atoms with van der Waals surface area (Å²) in [6.07, 6.45) is 19.9. The predicted molar refractivity (Wildman–Crippen MR) is 104 cm³/mol. The van der Waals surface area contributed by atoms with Crippen LogP contribution in [0.15, 0.2) is 0 Å². The van der Waals surface area contributed by atoms with Crippen molar-refractivity contribution >= 4 is 0 Å². The molecule has 0 aliphatic heterocycles. The van der Waals surface area contributed by atoms with Gasteiger partial charge in [0.05, 0.1) is 0 Å². The van der Waals surface area contributed by atoms with Gasteiger partial charge >= 0.3 is 0 Å². The lowest BCUT2D eigenvalue weighted by Gasteiger charge is -2.69. The largest absolute Gasteiger partial charge is 0.0649 e. The second kappa shape index (κ2) is 6.96. The Bertz CT molecular complexity index is 426. The fraction of sp³-hybridized carbons (Fsp3) is 1.00. The summed E-state index contributed by atoms with van der Waals surface area (Å²) in [7, 11) is 0. The minimum atomic E-state index is 0.740. The van der Waals surface area contributed by atoms with Crippen molar-refractivity contribution in [3.63, 3.8) is 0 Å². The molecule has 0 bridgehead atoms. The third kappa shape index (κ3) is 2.88. The molecule has 4 rings (SSSR count). The molecule has 0 aromatic rings. The second-order valence-corrected chi connectivity index (χ2v) is 10.6. The Balaban J connectivity index is 1.21. The summed E-state index contributed by atoms with van der Waals surface area (Å²) in [5.41, 5.74) is 0.740. The number of unbranched alkanes of at least 4 members (excludes halogenated alkanes) is 1. The van der Waals surface area contributed by atoms with Crippen LogP contribution in [0.1, 0.15) is 104 Å². The molecule has 0 spiro atoms. The van der Waals surface area contributed by atoms with Crippen molar-refractivity contribution < 1.29 is 0 Å². The molecule has 4 aliphatic carbocycles. The summed E-state index contributed by atoms with van der Waals surface area (Å²) in [5, 5.41) is 0. The zero-order valence-electron chi connectivity index (χ0n) is 16.7. The zero-order valence-corrected chi connectivity index (χ0v) is 16.7. The highest BCUT2D eigenvalue weighted by Crippen LogP contribution is 2.74. The SMILES string of the molecule is CCC1(C)CC2C3CCC(CCCCC4CCCCCC4C)C3C21. The van der Waals surface area contributed by atoms with Gasteiger partial charge in [0.15, 0.2) is 0 Å². The van der Waals surface area contributed by atoms with E-state index in [0.29, 0.717) is 0 Å². The van der Waals surface area contributed by atoms with E-state index in [1.807, 2.05) is 0 Å². The molecular formula is C24H42. The lowest BCUT2D eigenvalue weighted by molar-refractivity contribution is -0.206. The zero-order chi connectivity index (χ0) is 16.7. The Hall–Kier alpha value is 0. The molecule has 0 amide bonds. The highest BCUT2D eigenvalue weighted by molar-refractivity contribution is 5.15. The molecule has 0 aromatic heterocycles. The van der Waals surface area contributed by atoms with Crippen LogP contribution in [-0.4, -0.2) is 0 Å². The summed E-state index contributed by atoms with van der Waals surface area (Å²) in [6.45, 7) is 7.59. The Morgan fingerprint density at radius 3 is 2.38 bits per heavy atom. The summed E-state index contributed by atoms with van der Waals surface area (Å²) in [5.74, 6) is 7.82. The van der Waals surface area contributed by atoms with Crippen molar-refractivity contribution in [3.8, 4) is 0 Å². The van der Waals surface area contributed by atoms with Crippen molar-refractivity contribution in [3.05, 3.63) is 0 Å². The first kappa shape index (κ1) is 17.4. The number of fused-ring (bicyclic) bond motifs is 4. The van der Waals surface area contributed by atoms with E-state index in [4.69, 9.17) is 0 Å². The summed E-state index contributed by atoms with van der Waals surface area (Å²) >= 11 is 0. The smallest absolute Gasteiger partial charge is 0.0292 e. The number of hydrogen-bond donors (Lipinski definition) is 0. The molecule has 4 aliphatic rings. The minimum Gasteiger partial charge on any atom is -0.0649 e. The van der Waals surface area contributed by atoms with Crippen molar-refractivity contribution in [1.82, 2.24) is 0 Å². The standard InChI is InChI=1S/C24H42/c1-4-24(3)16-21-20-15-14-19(22(20)23(21)24)13-9-8-12-18-11-7-5-6-10-17(18)2/h17-23H,4-16H2,1-3H3. The van der Waals surface area contributed by atoms with Crippen LogP contribution in [0.4, 0.5) is 0 Å². The summed E-state index contributed by atoms with van der Waals surface area (Å²) < 4.78 is 0. The van der Waals surface area contributed by atoms with Crippen LogP contribution in [0.2, 0.25) is 0 Å². The molecular weight excluding hydrogens is 288 g/mol. The summed E-state index contributed by atoms with van der Waals surface area (Å²) in [6, 6.07) is 0. The van der Waals surface area contributed by atoms with Crippen LogP contribution in [0.5, 0.6) is 0 Å². The van der Waals surface area contributed by atoms with E-state index in [0.717, 1.165) is 40.9 Å². The number of rotatable bonds is 6. The maximum Gasteiger partial charge on any atom is -0.0292 e. The molecule has 8 atom stereocenters. The van der Waals surface area contributed by atoms with Crippen LogP contribution in [-0.2, 0) is 0 Å². The lowest BCUT2D eigenvalue weighted by atomic mass is 9.36. The van der Waals surface area contributed by atoms with Gasteiger partial charge in [-0.2, -0.15) is 0 Å². The van der Waals surface area contributed by atoms with Gasteiger partial charge in [-0.3, -0.25) is 0 Å². The van der Waals surface area contributed by atoms with Crippen LogP contribution >= 0.6 is 0 Å².